The van der Waals surface area contributed by atoms with Crippen LogP contribution in [0.1, 0.15) is 10.4 Å². The Bertz CT molecular complexity index is 534. The normalized spacial score (nSPS) is 9.75. The van der Waals surface area contributed by atoms with Crippen molar-refractivity contribution >= 4 is 41.0 Å². The number of rotatable bonds is 5. The van der Waals surface area contributed by atoms with Gasteiger partial charge in [-0.1, -0.05) is 23.2 Å². The Hall–Kier alpha value is -1.79. The van der Waals surface area contributed by atoms with Crippen LogP contribution in [0.3, 0.4) is 0 Å². The zero-order valence-electron chi connectivity index (χ0n) is 10.5. The van der Waals surface area contributed by atoms with Crippen molar-refractivity contribution in [2.24, 2.45) is 0 Å². The van der Waals surface area contributed by atoms with Crippen LogP contribution < -0.4 is 10.6 Å². The molecule has 0 aromatic heterocycles. The highest BCUT2D eigenvalue weighted by Gasteiger charge is 2.14. The Labute approximate surface area is 125 Å². The summed E-state index contributed by atoms with van der Waals surface area (Å²) in [5, 5.41) is 5.13. The molecule has 2 amide bonds. The van der Waals surface area contributed by atoms with Gasteiger partial charge in [-0.05, 0) is 18.2 Å². The Morgan fingerprint density at radius 3 is 2.50 bits per heavy atom. The molecule has 2 N–H and O–H groups in total. The number of hydrogen-bond acceptors (Lipinski definition) is 4. The van der Waals surface area contributed by atoms with E-state index in [0.717, 1.165) is 0 Å². The number of benzene rings is 1. The van der Waals surface area contributed by atoms with Crippen LogP contribution in [0.5, 0.6) is 0 Å². The smallest absolute Gasteiger partial charge is 0.340 e. The first kappa shape index (κ1) is 16.3. The van der Waals surface area contributed by atoms with Gasteiger partial charge in [0, 0.05) is 12.1 Å². The minimum atomic E-state index is -0.748. The number of carbonyl (C=O) groups is 3. The molecular weight excluding hydrogens is 307 g/mol. The maximum Gasteiger partial charge on any atom is 0.340 e. The van der Waals surface area contributed by atoms with Crippen molar-refractivity contribution in [3.8, 4) is 0 Å². The van der Waals surface area contributed by atoms with Gasteiger partial charge in [0.2, 0.25) is 5.91 Å². The largest absolute Gasteiger partial charge is 0.452 e. The number of amides is 2. The molecule has 0 radical (unpaired) electrons. The summed E-state index contributed by atoms with van der Waals surface area (Å²) in [7, 11) is 1.44. The summed E-state index contributed by atoms with van der Waals surface area (Å²) in [5.41, 5.74) is 0.107. The molecule has 0 aliphatic rings. The van der Waals surface area contributed by atoms with Crippen LogP contribution in [-0.2, 0) is 14.3 Å². The molecule has 0 bridgehead atoms. The van der Waals surface area contributed by atoms with Gasteiger partial charge in [-0.2, -0.15) is 0 Å². The molecule has 1 aromatic carbocycles. The van der Waals surface area contributed by atoms with Gasteiger partial charge in [0.05, 0.1) is 17.1 Å². The highest BCUT2D eigenvalue weighted by atomic mass is 35.5. The standard InChI is InChI=1S/C12H12Cl2N2O4/c1-15-10(17)5-16-11(18)6-20-12(19)8-3-2-7(13)4-9(8)14/h2-4H,5-6H2,1H3,(H,15,17)(H,16,18). The summed E-state index contributed by atoms with van der Waals surface area (Å²) in [5.74, 6) is -1.70. The zero-order valence-corrected chi connectivity index (χ0v) is 12.0. The van der Waals surface area contributed by atoms with Gasteiger partial charge < -0.3 is 15.4 Å². The molecule has 1 rings (SSSR count). The third-order valence-electron chi connectivity index (χ3n) is 2.21. The molecule has 8 heteroatoms. The van der Waals surface area contributed by atoms with Crippen LogP contribution in [0, 0.1) is 0 Å². The predicted molar refractivity (Wildman–Crippen MR) is 73.8 cm³/mol. The van der Waals surface area contributed by atoms with Crippen molar-refractivity contribution in [2.75, 3.05) is 20.2 Å². The summed E-state index contributed by atoms with van der Waals surface area (Å²) < 4.78 is 4.77. The summed E-state index contributed by atoms with van der Waals surface area (Å²) in [6.45, 7) is -0.691. The highest BCUT2D eigenvalue weighted by Crippen LogP contribution is 2.21. The Morgan fingerprint density at radius 1 is 1.20 bits per heavy atom. The second-order valence-electron chi connectivity index (χ2n) is 3.65. The Morgan fingerprint density at radius 2 is 1.90 bits per heavy atom. The van der Waals surface area contributed by atoms with E-state index >= 15 is 0 Å². The van der Waals surface area contributed by atoms with E-state index in [2.05, 4.69) is 10.6 Å². The van der Waals surface area contributed by atoms with Crippen molar-refractivity contribution in [3.63, 3.8) is 0 Å². The van der Waals surface area contributed by atoms with E-state index in [1.54, 1.807) is 0 Å². The van der Waals surface area contributed by atoms with Crippen LogP contribution >= 0.6 is 23.2 Å². The molecule has 0 spiro atoms. The van der Waals surface area contributed by atoms with E-state index in [4.69, 9.17) is 27.9 Å². The number of likely N-dealkylation sites (N-methyl/N-ethyl adjacent to an activating group) is 1. The lowest BCUT2D eigenvalue weighted by atomic mass is 10.2. The SMILES string of the molecule is CNC(=O)CNC(=O)COC(=O)c1ccc(Cl)cc1Cl. The number of hydrogen-bond donors (Lipinski definition) is 2. The van der Waals surface area contributed by atoms with E-state index in [1.807, 2.05) is 0 Å². The first-order chi connectivity index (χ1) is 9.43. The molecule has 0 fully saturated rings. The lowest BCUT2D eigenvalue weighted by Crippen LogP contribution is -2.37. The molecular formula is C12H12Cl2N2O4. The summed E-state index contributed by atoms with van der Waals surface area (Å²) in [4.78, 5) is 33.9. The fourth-order valence-electron chi connectivity index (χ4n) is 1.18. The highest BCUT2D eigenvalue weighted by molar-refractivity contribution is 6.36. The molecule has 0 heterocycles. The molecule has 6 nitrogen and oxygen atoms in total. The topological polar surface area (TPSA) is 84.5 Å². The molecule has 0 aliphatic heterocycles. The van der Waals surface area contributed by atoms with Gasteiger partial charge >= 0.3 is 5.97 Å². The molecule has 108 valence electrons. The number of carbonyl (C=O) groups excluding carboxylic acids is 3. The molecule has 20 heavy (non-hydrogen) atoms. The molecule has 0 saturated heterocycles. The first-order valence-electron chi connectivity index (χ1n) is 5.53. The second-order valence-corrected chi connectivity index (χ2v) is 4.49. The van der Waals surface area contributed by atoms with Crippen molar-refractivity contribution in [3.05, 3.63) is 33.8 Å². The molecule has 0 unspecified atom stereocenters. The monoisotopic (exact) mass is 318 g/mol. The van der Waals surface area contributed by atoms with Gasteiger partial charge in [-0.15, -0.1) is 0 Å². The van der Waals surface area contributed by atoms with Gasteiger partial charge in [-0.3, -0.25) is 9.59 Å². The Balaban J connectivity index is 2.47. The lowest BCUT2D eigenvalue weighted by molar-refractivity contribution is -0.127. The van der Waals surface area contributed by atoms with Gasteiger partial charge in [0.1, 0.15) is 0 Å². The van der Waals surface area contributed by atoms with Gasteiger partial charge in [-0.25, -0.2) is 4.79 Å². The average molecular weight is 319 g/mol. The third-order valence-corrected chi connectivity index (χ3v) is 2.76. The van der Waals surface area contributed by atoms with E-state index in [0.29, 0.717) is 5.02 Å². The Kier molecular flexibility index (Phi) is 6.27. The maximum atomic E-state index is 11.7. The summed E-state index contributed by atoms with van der Waals surface area (Å²) >= 11 is 11.5. The molecule has 1 aromatic rings. The quantitative estimate of drug-likeness (QED) is 0.794. The van der Waals surface area contributed by atoms with Gasteiger partial charge in [0.15, 0.2) is 6.61 Å². The number of esters is 1. The average Bonchev–Trinajstić information content (AvgIpc) is 2.42. The maximum absolute atomic E-state index is 11.7. The van der Waals surface area contributed by atoms with Gasteiger partial charge in [0.25, 0.3) is 5.91 Å². The second kappa shape index (κ2) is 7.72. The fourth-order valence-corrected chi connectivity index (χ4v) is 1.67. The van der Waals surface area contributed by atoms with E-state index < -0.39 is 18.5 Å². The van der Waals surface area contributed by atoms with Crippen LogP contribution in [-0.4, -0.2) is 38.0 Å². The first-order valence-corrected chi connectivity index (χ1v) is 6.29. The van der Waals surface area contributed by atoms with Crippen LogP contribution in [0.15, 0.2) is 18.2 Å². The lowest BCUT2D eigenvalue weighted by Gasteiger charge is -2.07. The van der Waals surface area contributed by atoms with Crippen molar-refractivity contribution in [1.82, 2.24) is 10.6 Å². The number of halogens is 2. The van der Waals surface area contributed by atoms with Crippen LogP contribution in [0.2, 0.25) is 10.0 Å². The number of ether oxygens (including phenoxy) is 1. The predicted octanol–water partition coefficient (Wildman–Crippen LogP) is 1.01. The summed E-state index contributed by atoms with van der Waals surface area (Å²) in [6.07, 6.45) is 0. The minimum absolute atomic E-state index is 0.107. The third kappa shape index (κ3) is 5.07. The molecule has 0 atom stereocenters. The van der Waals surface area contributed by atoms with Crippen molar-refractivity contribution < 1.29 is 19.1 Å². The van der Waals surface area contributed by atoms with Crippen molar-refractivity contribution in [2.45, 2.75) is 0 Å². The molecule has 0 saturated carbocycles. The van der Waals surface area contributed by atoms with E-state index in [-0.39, 0.29) is 23.0 Å². The van der Waals surface area contributed by atoms with E-state index in [9.17, 15) is 14.4 Å². The van der Waals surface area contributed by atoms with E-state index in [1.165, 1.54) is 25.2 Å². The van der Waals surface area contributed by atoms with Crippen LogP contribution in [0.25, 0.3) is 0 Å². The fraction of sp³-hybridized carbons (Fsp3) is 0.250. The minimum Gasteiger partial charge on any atom is -0.452 e. The zero-order chi connectivity index (χ0) is 15.1. The summed E-state index contributed by atoms with van der Waals surface area (Å²) in [6, 6.07) is 4.27. The van der Waals surface area contributed by atoms with Crippen molar-refractivity contribution in [1.29, 1.82) is 0 Å². The van der Waals surface area contributed by atoms with Crippen LogP contribution in [0.4, 0.5) is 0 Å². The molecule has 0 aliphatic carbocycles. The number of nitrogens with one attached hydrogen (secondary N) is 2.